The van der Waals surface area contributed by atoms with Crippen molar-refractivity contribution in [2.24, 2.45) is 4.99 Å². The molecule has 0 aromatic heterocycles. The molecule has 0 heterocycles. The number of benzene rings is 3. The second-order valence-corrected chi connectivity index (χ2v) is 18.9. The van der Waals surface area contributed by atoms with E-state index in [9.17, 15) is 19.1 Å². The van der Waals surface area contributed by atoms with E-state index in [1.807, 2.05) is 49.4 Å². The summed E-state index contributed by atoms with van der Waals surface area (Å²) in [6, 6.07) is 19.6. The van der Waals surface area contributed by atoms with Crippen LogP contribution in [0, 0.1) is 11.2 Å². The third-order valence-corrected chi connectivity index (χ3v) is 13.7. The second-order valence-electron chi connectivity index (χ2n) is 12.6. The average Bonchev–Trinajstić information content (AvgIpc) is 3.01. The van der Waals surface area contributed by atoms with Crippen LogP contribution >= 0.6 is 19.8 Å². The molecule has 3 aromatic rings. The molecule has 0 bridgehead atoms. The predicted molar refractivity (Wildman–Crippen MR) is 200 cm³/mol. The number of aryl methyl sites for hydroxylation is 1. The Hall–Kier alpha value is -3.64. The summed E-state index contributed by atoms with van der Waals surface area (Å²) in [5.74, 6) is -0.603. The van der Waals surface area contributed by atoms with Gasteiger partial charge in [0, 0.05) is 0 Å². The van der Waals surface area contributed by atoms with Crippen LogP contribution in [-0.4, -0.2) is 60.4 Å². The number of aliphatic hydroxyl groups is 1. The second kappa shape index (κ2) is 18.1. The quantitative estimate of drug-likeness (QED) is 0.0289. The summed E-state index contributed by atoms with van der Waals surface area (Å²) < 4.78 is 19.1. The number of hydrogen-bond donors (Lipinski definition) is 4. The molecular formula is C37H48FIN4O4. The Kier molecular flexibility index (Phi) is 14.5. The maximum atomic E-state index is 13.7. The summed E-state index contributed by atoms with van der Waals surface area (Å²) >= 11 is -1.91. The predicted octanol–water partition coefficient (Wildman–Crippen LogP) is 8.38. The van der Waals surface area contributed by atoms with Crippen molar-refractivity contribution < 1.29 is 23.8 Å². The number of nitrogens with two attached hydrogens (primary N) is 1. The van der Waals surface area contributed by atoms with Gasteiger partial charge in [0.2, 0.25) is 0 Å². The number of nitrogens with zero attached hydrogens (tertiary/aromatic N) is 1. The van der Waals surface area contributed by atoms with Crippen LogP contribution in [0.4, 0.5) is 20.6 Å². The van der Waals surface area contributed by atoms with Gasteiger partial charge in [-0.15, -0.1) is 0 Å². The van der Waals surface area contributed by atoms with Crippen molar-refractivity contribution in [2.75, 3.05) is 27.0 Å². The first-order valence-corrected chi connectivity index (χ1v) is 20.8. The molecule has 0 spiro atoms. The molecule has 0 aliphatic carbocycles. The third kappa shape index (κ3) is 12.5. The number of para-hydroxylation sites is 1. The zero-order valence-corrected chi connectivity index (χ0v) is 30.1. The molecule has 0 aliphatic heterocycles. The molecule has 0 radical (unpaired) electrons. The first-order chi connectivity index (χ1) is 22.2. The summed E-state index contributed by atoms with van der Waals surface area (Å²) in [6.07, 6.45) is 3.47. The average molecular weight is 759 g/mol. The summed E-state index contributed by atoms with van der Waals surface area (Å²) in [5.41, 5.74) is 9.96. The van der Waals surface area contributed by atoms with Crippen molar-refractivity contribution in [3.8, 4) is 11.1 Å². The normalized spacial score (nSPS) is 13.2. The first-order valence-electron chi connectivity index (χ1n) is 15.8. The standard InChI is InChI=1S/C37H48FIN4O4/c1-25(34(44)17-8-9-20-43-36(46)47-37(2,3)4)39(5)24-32(41)35(45)30-19-18-27(29-15-6-7-16-31(29)40)23-33(30)42-21-11-13-26-12-10-14-28(38)22-26/h6-7,10,12,14-16,18-20,22-23,25,34,41-42,44H,8-9,11,13,17,21,24,40H2,1-5H3/b41-32?,43-20+. The molecular weight excluding hydrogens is 710 g/mol. The number of unbranched alkanes of at least 4 members (excludes halogenated alkanes) is 1. The van der Waals surface area contributed by atoms with Crippen molar-refractivity contribution in [1.82, 2.24) is 0 Å². The zero-order valence-electron chi connectivity index (χ0n) is 28.0. The SMILES string of the molecule is CC(C(O)CCC/C=N/C(=O)OC(C)(C)C)I(C)CC(=N)C(=O)c1ccc(-c2ccccc2N)cc1NCCCc1cccc(F)c1. The van der Waals surface area contributed by atoms with Crippen LogP contribution < -0.4 is 11.1 Å². The summed E-state index contributed by atoms with van der Waals surface area (Å²) in [7, 11) is 0. The van der Waals surface area contributed by atoms with Crippen molar-refractivity contribution in [3.05, 3.63) is 83.7 Å². The van der Waals surface area contributed by atoms with Crippen LogP contribution in [0.5, 0.6) is 0 Å². The van der Waals surface area contributed by atoms with E-state index < -0.39 is 37.6 Å². The van der Waals surface area contributed by atoms with Crippen LogP contribution in [0.3, 0.4) is 0 Å². The summed E-state index contributed by atoms with van der Waals surface area (Å²) in [6.45, 7) is 7.89. The number of halogens is 2. The molecule has 5 N–H and O–H groups in total. The number of carbonyl (C=O) groups is 2. The van der Waals surface area contributed by atoms with Gasteiger partial charge in [-0.1, -0.05) is 0 Å². The van der Waals surface area contributed by atoms with E-state index in [0.29, 0.717) is 53.6 Å². The third-order valence-electron chi connectivity index (χ3n) is 7.54. The minimum absolute atomic E-state index is 0.000930. The van der Waals surface area contributed by atoms with Crippen molar-refractivity contribution in [2.45, 2.75) is 75.4 Å². The van der Waals surface area contributed by atoms with Gasteiger partial charge in [0.1, 0.15) is 0 Å². The molecule has 47 heavy (non-hydrogen) atoms. The van der Waals surface area contributed by atoms with Crippen LogP contribution in [0.1, 0.15) is 69.3 Å². The van der Waals surface area contributed by atoms with Gasteiger partial charge in [0.15, 0.2) is 0 Å². The number of hydrogen-bond acceptors (Lipinski definition) is 7. The molecule has 2 atom stereocenters. The van der Waals surface area contributed by atoms with Crippen LogP contribution in [0.25, 0.3) is 11.1 Å². The topological polar surface area (TPSA) is 138 Å². The number of Topliss-reactive ketones (excluding diaryl/α,β-unsaturated/α-hetero) is 1. The van der Waals surface area contributed by atoms with Crippen LogP contribution in [0.15, 0.2) is 71.7 Å². The Morgan fingerprint density at radius 3 is 2.55 bits per heavy atom. The number of amides is 1. The summed E-state index contributed by atoms with van der Waals surface area (Å²) in [5, 5.41) is 23.0. The molecule has 3 rings (SSSR count). The Morgan fingerprint density at radius 1 is 1.11 bits per heavy atom. The van der Waals surface area contributed by atoms with E-state index in [1.54, 1.807) is 32.9 Å². The van der Waals surface area contributed by atoms with Crippen LogP contribution in [0.2, 0.25) is 0 Å². The van der Waals surface area contributed by atoms with E-state index in [1.165, 1.54) is 18.3 Å². The van der Waals surface area contributed by atoms with E-state index in [2.05, 4.69) is 15.2 Å². The van der Waals surface area contributed by atoms with E-state index in [4.69, 9.17) is 15.9 Å². The van der Waals surface area contributed by atoms with Gasteiger partial charge >= 0.3 is 276 Å². The fourth-order valence-corrected chi connectivity index (χ4v) is 8.92. The van der Waals surface area contributed by atoms with Crippen molar-refractivity contribution in [1.29, 1.82) is 5.41 Å². The number of anilines is 2. The van der Waals surface area contributed by atoms with Crippen molar-refractivity contribution in [3.63, 3.8) is 0 Å². The molecule has 3 aromatic carbocycles. The maximum absolute atomic E-state index is 13.7. The molecule has 254 valence electrons. The number of ketones is 1. The molecule has 2 unspecified atom stereocenters. The number of nitrogens with one attached hydrogen (secondary N) is 2. The van der Waals surface area contributed by atoms with Gasteiger partial charge in [-0.25, -0.2) is 4.39 Å². The Bertz CT molecular complexity index is 1560. The zero-order chi connectivity index (χ0) is 34.6. The monoisotopic (exact) mass is 758 g/mol. The van der Waals surface area contributed by atoms with Gasteiger partial charge in [-0.2, -0.15) is 0 Å². The van der Waals surface area contributed by atoms with E-state index in [-0.39, 0.29) is 21.2 Å². The fraction of sp³-hybridized carbons (Fsp3) is 0.405. The number of ether oxygens (including phenoxy) is 1. The molecule has 0 saturated carbocycles. The van der Waals surface area contributed by atoms with Gasteiger partial charge in [0.05, 0.1) is 0 Å². The molecule has 10 heteroatoms. The van der Waals surface area contributed by atoms with Crippen LogP contribution in [-0.2, 0) is 11.2 Å². The fourth-order valence-electron chi connectivity index (χ4n) is 4.90. The van der Waals surface area contributed by atoms with E-state index in [0.717, 1.165) is 23.1 Å². The molecule has 8 nitrogen and oxygen atoms in total. The molecule has 0 aliphatic rings. The number of carbonyl (C=O) groups excluding carboxylic acids is 2. The number of aliphatic imine (C=N–C) groups is 1. The van der Waals surface area contributed by atoms with E-state index >= 15 is 0 Å². The number of alkyl halides is 3. The van der Waals surface area contributed by atoms with Gasteiger partial charge in [0.25, 0.3) is 0 Å². The molecule has 1 amide bonds. The first kappa shape index (κ1) is 37.8. The molecule has 0 fully saturated rings. The Labute approximate surface area is 285 Å². The van der Waals surface area contributed by atoms with Gasteiger partial charge in [-0.3, -0.25) is 0 Å². The molecule has 0 saturated heterocycles. The Balaban J connectivity index is 1.63. The number of nitrogen functional groups attached to an aromatic ring is 1. The summed E-state index contributed by atoms with van der Waals surface area (Å²) in [4.78, 5) is 31.3. The minimum atomic E-state index is -1.91. The van der Waals surface area contributed by atoms with Crippen molar-refractivity contribution >= 4 is 55.0 Å². The van der Waals surface area contributed by atoms with Gasteiger partial charge in [-0.05, 0) is 6.07 Å². The Morgan fingerprint density at radius 2 is 1.85 bits per heavy atom. The number of aliphatic hydroxyl groups excluding tert-OH is 1. The number of rotatable bonds is 16. The van der Waals surface area contributed by atoms with Gasteiger partial charge < -0.3 is 0 Å².